The number of aryl methyl sites for hydroxylation is 1. The van der Waals surface area contributed by atoms with Crippen molar-refractivity contribution in [1.29, 1.82) is 0 Å². The third-order valence-corrected chi connectivity index (χ3v) is 3.66. The van der Waals surface area contributed by atoms with E-state index >= 15 is 0 Å². The van der Waals surface area contributed by atoms with E-state index in [-0.39, 0.29) is 5.69 Å². The van der Waals surface area contributed by atoms with Crippen molar-refractivity contribution in [3.05, 3.63) is 49.8 Å². The van der Waals surface area contributed by atoms with E-state index in [9.17, 15) is 20.0 Å². The molecule has 0 saturated heterocycles. The minimum Gasteiger partial charge on any atom is -0.479 e. The molecule has 0 bridgehead atoms. The lowest BCUT2D eigenvalue weighted by molar-refractivity contribution is -0.384. The van der Waals surface area contributed by atoms with Gasteiger partial charge in [0, 0.05) is 40.2 Å². The molecule has 1 unspecified atom stereocenters. The summed E-state index contributed by atoms with van der Waals surface area (Å²) in [4.78, 5) is 21.6. The number of carbonyl (C=O) groups is 1. The van der Waals surface area contributed by atoms with Gasteiger partial charge in [-0.05, 0) is 28.7 Å². The van der Waals surface area contributed by atoms with Gasteiger partial charge in [-0.25, -0.2) is 4.79 Å². The zero-order valence-electron chi connectivity index (χ0n) is 10.9. The summed E-state index contributed by atoms with van der Waals surface area (Å²) in [5, 5.41) is 26.8. The van der Waals surface area contributed by atoms with Gasteiger partial charge in [0.15, 0.2) is 6.04 Å². The number of halogens is 1. The van der Waals surface area contributed by atoms with Crippen molar-refractivity contribution in [2.75, 3.05) is 5.32 Å². The van der Waals surface area contributed by atoms with E-state index in [0.29, 0.717) is 14.8 Å². The van der Waals surface area contributed by atoms with Crippen LogP contribution in [0.5, 0.6) is 0 Å². The Morgan fingerprint density at radius 3 is 2.76 bits per heavy atom. The number of benzene rings is 1. The van der Waals surface area contributed by atoms with Gasteiger partial charge in [-0.15, -0.1) is 0 Å². The summed E-state index contributed by atoms with van der Waals surface area (Å²) in [6.07, 6.45) is 3.06. The molecule has 1 heterocycles. The van der Waals surface area contributed by atoms with Crippen molar-refractivity contribution < 1.29 is 14.8 Å². The summed E-state index contributed by atoms with van der Waals surface area (Å²) in [5.41, 5.74) is 0.967. The number of aromatic nitrogens is 2. The Morgan fingerprint density at radius 1 is 1.57 bits per heavy atom. The van der Waals surface area contributed by atoms with Crippen LogP contribution >= 0.6 is 22.6 Å². The van der Waals surface area contributed by atoms with E-state index < -0.39 is 16.9 Å². The smallest absolute Gasteiger partial charge is 0.330 e. The minimum atomic E-state index is -1.06. The molecule has 0 fully saturated rings. The third-order valence-electron chi connectivity index (χ3n) is 2.77. The van der Waals surface area contributed by atoms with Crippen molar-refractivity contribution in [3.63, 3.8) is 0 Å². The standard InChI is InChI=1S/C12H11IN4O4/c1-16-6-7(5-14-16)11(12(18)19)15-10-3-2-8(17(20)21)4-9(10)13/h2-6,11,15H,1H3,(H,18,19). The molecule has 2 N–H and O–H groups in total. The van der Waals surface area contributed by atoms with Crippen molar-refractivity contribution in [2.24, 2.45) is 7.05 Å². The van der Waals surface area contributed by atoms with Crippen LogP contribution in [0, 0.1) is 13.7 Å². The largest absolute Gasteiger partial charge is 0.479 e. The molecule has 8 nitrogen and oxygen atoms in total. The summed E-state index contributed by atoms with van der Waals surface area (Å²) in [6.45, 7) is 0. The molecule has 0 aliphatic rings. The number of nitrogens with zero attached hydrogens (tertiary/aromatic N) is 3. The molecular formula is C12H11IN4O4. The summed E-state index contributed by atoms with van der Waals surface area (Å²) in [5.74, 6) is -1.06. The van der Waals surface area contributed by atoms with Crippen LogP contribution in [-0.2, 0) is 11.8 Å². The second-order valence-electron chi connectivity index (χ2n) is 4.28. The van der Waals surface area contributed by atoms with Crippen molar-refractivity contribution in [2.45, 2.75) is 6.04 Å². The average Bonchev–Trinajstić information content (AvgIpc) is 2.83. The molecule has 0 aliphatic carbocycles. The third kappa shape index (κ3) is 3.48. The van der Waals surface area contributed by atoms with Gasteiger partial charge < -0.3 is 10.4 Å². The zero-order chi connectivity index (χ0) is 15.6. The zero-order valence-corrected chi connectivity index (χ0v) is 13.0. The predicted octanol–water partition coefficient (Wildman–Crippen LogP) is 2.17. The number of hydrogen-bond acceptors (Lipinski definition) is 5. The Balaban J connectivity index is 2.29. The van der Waals surface area contributed by atoms with Crippen molar-refractivity contribution in [3.8, 4) is 0 Å². The molecule has 1 aromatic heterocycles. The Kier molecular flexibility index (Phi) is 4.40. The topological polar surface area (TPSA) is 110 Å². The molecule has 9 heteroatoms. The molecule has 0 saturated carbocycles. The number of hydrogen-bond donors (Lipinski definition) is 2. The first kappa shape index (κ1) is 15.2. The van der Waals surface area contributed by atoms with Crippen LogP contribution in [0.1, 0.15) is 11.6 Å². The normalized spacial score (nSPS) is 11.9. The van der Waals surface area contributed by atoms with Gasteiger partial charge in [-0.2, -0.15) is 5.10 Å². The molecule has 0 radical (unpaired) electrons. The number of rotatable bonds is 5. The Hall–Kier alpha value is -2.17. The van der Waals surface area contributed by atoms with E-state index in [2.05, 4.69) is 10.4 Å². The fraction of sp³-hybridized carbons (Fsp3) is 0.167. The SMILES string of the molecule is Cn1cc(C(Nc2ccc([N+](=O)[O-])cc2I)C(=O)O)cn1. The molecule has 2 aromatic rings. The van der Waals surface area contributed by atoms with E-state index in [1.165, 1.54) is 29.1 Å². The first-order valence-electron chi connectivity index (χ1n) is 5.80. The molecule has 0 spiro atoms. The van der Waals surface area contributed by atoms with Crippen LogP contribution in [0.25, 0.3) is 0 Å². The van der Waals surface area contributed by atoms with Gasteiger partial charge in [0.2, 0.25) is 0 Å². The number of nitrogens with one attached hydrogen (secondary N) is 1. The Bertz CT molecular complexity index is 700. The van der Waals surface area contributed by atoms with Crippen LogP contribution in [-0.4, -0.2) is 25.8 Å². The highest BCUT2D eigenvalue weighted by Crippen LogP contribution is 2.27. The van der Waals surface area contributed by atoms with E-state index in [0.717, 1.165) is 0 Å². The highest BCUT2D eigenvalue weighted by atomic mass is 127. The number of carboxylic acid groups (broad SMARTS) is 1. The number of non-ortho nitro benzene ring substituents is 1. The number of anilines is 1. The first-order valence-corrected chi connectivity index (χ1v) is 6.88. The van der Waals surface area contributed by atoms with Crippen molar-refractivity contribution in [1.82, 2.24) is 9.78 Å². The minimum absolute atomic E-state index is 0.0433. The van der Waals surface area contributed by atoms with Gasteiger partial charge in [0.1, 0.15) is 0 Å². The molecule has 2 rings (SSSR count). The highest BCUT2D eigenvalue weighted by molar-refractivity contribution is 14.1. The molecule has 0 amide bonds. The quantitative estimate of drug-likeness (QED) is 0.451. The van der Waals surface area contributed by atoms with Gasteiger partial charge in [-0.3, -0.25) is 14.8 Å². The van der Waals surface area contributed by atoms with Crippen molar-refractivity contribution >= 4 is 39.9 Å². The summed E-state index contributed by atoms with van der Waals surface area (Å²) < 4.78 is 2.07. The fourth-order valence-electron chi connectivity index (χ4n) is 1.77. The second-order valence-corrected chi connectivity index (χ2v) is 5.45. The Morgan fingerprint density at radius 2 is 2.29 bits per heavy atom. The monoisotopic (exact) mass is 402 g/mol. The lowest BCUT2D eigenvalue weighted by atomic mass is 10.1. The first-order chi connectivity index (χ1) is 9.88. The molecule has 0 aliphatic heterocycles. The maximum absolute atomic E-state index is 11.4. The van der Waals surface area contributed by atoms with Gasteiger partial charge in [-0.1, -0.05) is 0 Å². The van der Waals surface area contributed by atoms with Gasteiger partial charge in [0.25, 0.3) is 5.69 Å². The molecular weight excluding hydrogens is 391 g/mol. The number of nitro groups is 1. The van der Waals surface area contributed by atoms with Gasteiger partial charge >= 0.3 is 5.97 Å². The highest BCUT2D eigenvalue weighted by Gasteiger charge is 2.22. The predicted molar refractivity (Wildman–Crippen MR) is 83.0 cm³/mol. The summed E-state index contributed by atoms with van der Waals surface area (Å²) in [7, 11) is 1.69. The van der Waals surface area contributed by atoms with E-state index in [4.69, 9.17) is 0 Å². The number of carboxylic acids is 1. The second kappa shape index (κ2) is 6.08. The summed E-state index contributed by atoms with van der Waals surface area (Å²) in [6, 6.07) is 3.22. The summed E-state index contributed by atoms with van der Waals surface area (Å²) >= 11 is 1.92. The fourth-order valence-corrected chi connectivity index (χ4v) is 2.42. The van der Waals surface area contributed by atoms with Crippen LogP contribution in [0.4, 0.5) is 11.4 Å². The molecule has 110 valence electrons. The number of nitro benzene ring substituents is 1. The maximum atomic E-state index is 11.4. The maximum Gasteiger partial charge on any atom is 0.330 e. The molecule has 1 aromatic carbocycles. The lowest BCUT2D eigenvalue weighted by Gasteiger charge is -2.15. The lowest BCUT2D eigenvalue weighted by Crippen LogP contribution is -2.20. The number of aliphatic carboxylic acids is 1. The van der Waals surface area contributed by atoms with Crippen LogP contribution < -0.4 is 5.32 Å². The van der Waals surface area contributed by atoms with Crippen LogP contribution in [0.15, 0.2) is 30.6 Å². The average molecular weight is 402 g/mol. The Labute approximate surface area is 133 Å². The van der Waals surface area contributed by atoms with E-state index in [1.807, 2.05) is 22.6 Å². The molecule has 21 heavy (non-hydrogen) atoms. The van der Waals surface area contributed by atoms with E-state index in [1.54, 1.807) is 13.2 Å². The van der Waals surface area contributed by atoms with Crippen LogP contribution in [0.2, 0.25) is 0 Å². The van der Waals surface area contributed by atoms with Crippen LogP contribution in [0.3, 0.4) is 0 Å². The van der Waals surface area contributed by atoms with Gasteiger partial charge in [0.05, 0.1) is 11.1 Å². The molecule has 1 atom stereocenters.